The number of nitrogens with two attached hydrogens (primary N) is 1. The van der Waals surface area contributed by atoms with E-state index < -0.39 is 0 Å². The molecule has 1 fully saturated rings. The van der Waals surface area contributed by atoms with Gasteiger partial charge in [-0.05, 0) is 96.9 Å². The summed E-state index contributed by atoms with van der Waals surface area (Å²) in [6.45, 7) is 4.35. The Bertz CT molecular complexity index is 1250. The molecule has 2 heterocycles. The molecule has 0 saturated carbocycles. The second-order valence-electron chi connectivity index (χ2n) is 9.40. The van der Waals surface area contributed by atoms with Crippen LogP contribution in [0.2, 0.25) is 0 Å². The summed E-state index contributed by atoms with van der Waals surface area (Å²) in [6.07, 6.45) is 3.48. The van der Waals surface area contributed by atoms with Crippen LogP contribution in [0.4, 0.5) is 0 Å². The van der Waals surface area contributed by atoms with Gasteiger partial charge in [-0.2, -0.15) is 0 Å². The topological polar surface area (TPSA) is 68.0 Å². The molecule has 0 aliphatic carbocycles. The van der Waals surface area contributed by atoms with E-state index in [0.717, 1.165) is 31.1 Å². The third-order valence-electron chi connectivity index (χ3n) is 6.69. The van der Waals surface area contributed by atoms with Crippen molar-refractivity contribution in [2.75, 3.05) is 39.5 Å². The van der Waals surface area contributed by atoms with E-state index in [1.165, 1.54) is 57.6 Å². The van der Waals surface area contributed by atoms with Crippen molar-refractivity contribution in [3.8, 4) is 21.9 Å². The number of nitrogens with zero attached hydrogens (tertiary/aromatic N) is 1. The van der Waals surface area contributed by atoms with Gasteiger partial charge in [0.15, 0.2) is 0 Å². The summed E-state index contributed by atoms with van der Waals surface area (Å²) in [4.78, 5) is 3.75. The SMILES string of the molecule is NC(CO)COc1ccc(-c2sc3ccccc3c2Cc2ccc(OCCN3CCCC3)cc2)cc1. The predicted octanol–water partition coefficient (Wildman–Crippen LogP) is 5.33. The Balaban J connectivity index is 1.30. The number of fused-ring (bicyclic) bond motifs is 1. The highest BCUT2D eigenvalue weighted by Crippen LogP contribution is 2.40. The second-order valence-corrected chi connectivity index (χ2v) is 10.5. The van der Waals surface area contributed by atoms with Gasteiger partial charge in [-0.3, -0.25) is 4.90 Å². The first kappa shape index (κ1) is 24.8. The molecule has 1 unspecified atom stereocenters. The lowest BCUT2D eigenvalue weighted by Gasteiger charge is -2.15. The number of thiophene rings is 1. The summed E-state index contributed by atoms with van der Waals surface area (Å²) in [5.74, 6) is 1.69. The van der Waals surface area contributed by atoms with Gasteiger partial charge in [0.05, 0.1) is 12.6 Å². The molecule has 0 amide bonds. The van der Waals surface area contributed by atoms with Crippen molar-refractivity contribution >= 4 is 21.4 Å². The maximum atomic E-state index is 9.11. The first-order chi connectivity index (χ1) is 17.7. The molecule has 5 rings (SSSR count). The van der Waals surface area contributed by atoms with Crippen molar-refractivity contribution < 1.29 is 14.6 Å². The zero-order valence-corrected chi connectivity index (χ0v) is 21.4. The normalized spacial score (nSPS) is 14.8. The van der Waals surface area contributed by atoms with Crippen LogP contribution < -0.4 is 15.2 Å². The lowest BCUT2D eigenvalue weighted by Crippen LogP contribution is -2.31. The van der Waals surface area contributed by atoms with Crippen molar-refractivity contribution in [1.82, 2.24) is 4.90 Å². The highest BCUT2D eigenvalue weighted by atomic mass is 32.1. The minimum Gasteiger partial charge on any atom is -0.492 e. The molecule has 1 aliphatic heterocycles. The fourth-order valence-corrected chi connectivity index (χ4v) is 5.90. The fourth-order valence-electron chi connectivity index (χ4n) is 4.67. The van der Waals surface area contributed by atoms with Crippen molar-refractivity contribution in [3.63, 3.8) is 0 Å². The van der Waals surface area contributed by atoms with Crippen LogP contribution in [0.25, 0.3) is 20.5 Å². The fraction of sp³-hybridized carbons (Fsp3) is 0.333. The molecule has 1 aromatic heterocycles. The van der Waals surface area contributed by atoms with Crippen LogP contribution in [0.15, 0.2) is 72.8 Å². The molecule has 5 nitrogen and oxygen atoms in total. The van der Waals surface area contributed by atoms with Crippen LogP contribution in [-0.2, 0) is 6.42 Å². The Kier molecular flexibility index (Phi) is 8.18. The van der Waals surface area contributed by atoms with Crippen LogP contribution in [0.5, 0.6) is 11.5 Å². The second kappa shape index (κ2) is 11.9. The average Bonchev–Trinajstić information content (AvgIpc) is 3.57. The van der Waals surface area contributed by atoms with E-state index in [0.29, 0.717) is 6.61 Å². The van der Waals surface area contributed by atoms with Crippen LogP contribution >= 0.6 is 11.3 Å². The van der Waals surface area contributed by atoms with Gasteiger partial charge >= 0.3 is 0 Å². The standard InChI is InChI=1S/C30H34N2O3S/c31-24(20-33)21-35-26-13-9-23(10-14-26)30-28(27-5-1-2-6-29(27)36-30)19-22-7-11-25(12-8-22)34-18-17-32-15-3-4-16-32/h1-2,5-14,24,33H,3-4,15-21,31H2. The van der Waals surface area contributed by atoms with Gasteiger partial charge in [0, 0.05) is 16.1 Å². The van der Waals surface area contributed by atoms with Gasteiger partial charge < -0.3 is 20.3 Å². The molecule has 0 spiro atoms. The lowest BCUT2D eigenvalue weighted by molar-refractivity contribution is 0.206. The van der Waals surface area contributed by atoms with Crippen molar-refractivity contribution in [1.29, 1.82) is 0 Å². The molecular weight excluding hydrogens is 468 g/mol. The quantitative estimate of drug-likeness (QED) is 0.290. The van der Waals surface area contributed by atoms with Gasteiger partial charge in [0.1, 0.15) is 24.7 Å². The van der Waals surface area contributed by atoms with Gasteiger partial charge in [-0.25, -0.2) is 0 Å². The van der Waals surface area contributed by atoms with Crippen LogP contribution in [0.1, 0.15) is 24.0 Å². The number of benzene rings is 3. The molecule has 6 heteroatoms. The summed E-state index contributed by atoms with van der Waals surface area (Å²) in [6, 6.07) is 25.0. The van der Waals surface area contributed by atoms with Crippen LogP contribution in [0.3, 0.4) is 0 Å². The zero-order valence-electron chi connectivity index (χ0n) is 20.6. The van der Waals surface area contributed by atoms with E-state index in [1.807, 2.05) is 23.5 Å². The molecule has 1 saturated heterocycles. The number of hydrogen-bond donors (Lipinski definition) is 2. The van der Waals surface area contributed by atoms with E-state index in [1.54, 1.807) is 0 Å². The van der Waals surface area contributed by atoms with Crippen molar-refractivity contribution in [3.05, 3.63) is 83.9 Å². The highest BCUT2D eigenvalue weighted by Gasteiger charge is 2.15. The Morgan fingerprint density at radius 2 is 1.58 bits per heavy atom. The Hall–Kier alpha value is -2.90. The molecule has 36 heavy (non-hydrogen) atoms. The largest absolute Gasteiger partial charge is 0.492 e. The number of rotatable bonds is 11. The first-order valence-corrected chi connectivity index (χ1v) is 13.6. The minimum absolute atomic E-state index is 0.0884. The summed E-state index contributed by atoms with van der Waals surface area (Å²) >= 11 is 1.83. The van der Waals surface area contributed by atoms with Gasteiger partial charge in [0.2, 0.25) is 0 Å². The molecule has 3 aromatic carbocycles. The zero-order chi connectivity index (χ0) is 24.7. The molecule has 1 atom stereocenters. The maximum Gasteiger partial charge on any atom is 0.119 e. The first-order valence-electron chi connectivity index (χ1n) is 12.7. The number of likely N-dealkylation sites (tertiary alicyclic amines) is 1. The van der Waals surface area contributed by atoms with Gasteiger partial charge in [-0.15, -0.1) is 11.3 Å². The summed E-state index contributed by atoms with van der Waals surface area (Å²) < 4.78 is 13.0. The third kappa shape index (κ3) is 6.08. The maximum absolute atomic E-state index is 9.11. The molecular formula is C30H34N2O3S. The van der Waals surface area contributed by atoms with E-state index in [-0.39, 0.29) is 12.6 Å². The molecule has 1 aliphatic rings. The predicted molar refractivity (Wildman–Crippen MR) is 148 cm³/mol. The Labute approximate surface area is 217 Å². The van der Waals surface area contributed by atoms with Crippen molar-refractivity contribution in [2.24, 2.45) is 5.73 Å². The van der Waals surface area contributed by atoms with E-state index in [9.17, 15) is 0 Å². The van der Waals surface area contributed by atoms with E-state index >= 15 is 0 Å². The highest BCUT2D eigenvalue weighted by molar-refractivity contribution is 7.22. The Morgan fingerprint density at radius 3 is 2.33 bits per heavy atom. The molecule has 0 bridgehead atoms. The smallest absolute Gasteiger partial charge is 0.119 e. The summed E-state index contributed by atoms with van der Waals surface area (Å²) in [5.41, 5.74) is 9.54. The molecule has 4 aromatic rings. The molecule has 188 valence electrons. The number of aliphatic hydroxyl groups is 1. The molecule has 0 radical (unpaired) electrons. The average molecular weight is 503 g/mol. The summed E-state index contributed by atoms with van der Waals surface area (Å²) in [7, 11) is 0. The third-order valence-corrected chi connectivity index (χ3v) is 7.95. The summed E-state index contributed by atoms with van der Waals surface area (Å²) in [5, 5.41) is 10.4. The molecule has 3 N–H and O–H groups in total. The minimum atomic E-state index is -0.374. The van der Waals surface area contributed by atoms with E-state index in [2.05, 4.69) is 65.6 Å². The van der Waals surface area contributed by atoms with Gasteiger partial charge in [-0.1, -0.05) is 30.3 Å². The number of aliphatic hydroxyl groups excluding tert-OH is 1. The van der Waals surface area contributed by atoms with Crippen LogP contribution in [0, 0.1) is 0 Å². The lowest BCUT2D eigenvalue weighted by atomic mass is 9.99. The monoisotopic (exact) mass is 502 g/mol. The van der Waals surface area contributed by atoms with Crippen molar-refractivity contribution in [2.45, 2.75) is 25.3 Å². The van der Waals surface area contributed by atoms with E-state index in [4.69, 9.17) is 20.3 Å². The Morgan fingerprint density at radius 1 is 0.889 bits per heavy atom. The van der Waals surface area contributed by atoms with Gasteiger partial charge in [0.25, 0.3) is 0 Å². The van der Waals surface area contributed by atoms with Crippen LogP contribution in [-0.4, -0.2) is 55.5 Å². The number of ether oxygens (including phenoxy) is 2. The number of hydrogen-bond acceptors (Lipinski definition) is 6.